The third-order valence-electron chi connectivity index (χ3n) is 8.66. The largest absolute Gasteiger partial charge is 0.379 e. The number of ether oxygens (including phenoxy) is 1. The Morgan fingerprint density at radius 3 is 2.64 bits per heavy atom. The Labute approximate surface area is 212 Å². The van der Waals surface area contributed by atoms with E-state index in [1.807, 2.05) is 31.7 Å². The van der Waals surface area contributed by atoms with Crippen LogP contribution in [0.3, 0.4) is 0 Å². The molecule has 6 rings (SSSR count). The van der Waals surface area contributed by atoms with E-state index in [0.29, 0.717) is 11.7 Å². The molecule has 0 spiro atoms. The van der Waals surface area contributed by atoms with E-state index in [0.717, 1.165) is 62.1 Å². The molecule has 4 atom stereocenters. The molecule has 1 amide bonds. The average molecular weight is 489 g/mol. The number of nitrogens with zero attached hydrogens (tertiary/aromatic N) is 5. The third-order valence-corrected chi connectivity index (χ3v) is 8.66. The molecule has 2 unspecified atom stereocenters. The van der Waals surface area contributed by atoms with E-state index in [1.54, 1.807) is 4.68 Å². The van der Waals surface area contributed by atoms with Gasteiger partial charge in [0.15, 0.2) is 0 Å². The number of aryl methyl sites for hydroxylation is 2. The topological polar surface area (TPSA) is 75.5 Å². The number of aromatic nitrogens is 3. The minimum absolute atomic E-state index is 0.0380. The van der Waals surface area contributed by atoms with E-state index in [9.17, 15) is 4.79 Å². The van der Waals surface area contributed by atoms with Gasteiger partial charge < -0.3 is 15.0 Å². The first-order chi connectivity index (χ1) is 17.3. The third kappa shape index (κ3) is 4.16. The number of carbonyl (C=O) groups is 1. The molecule has 2 aliphatic heterocycles. The molecule has 4 heterocycles. The maximum atomic E-state index is 13.0. The van der Waals surface area contributed by atoms with E-state index in [2.05, 4.69) is 58.1 Å². The zero-order chi connectivity index (χ0) is 25.0. The number of carbonyl (C=O) groups excluding carboxylic acids is 1. The van der Waals surface area contributed by atoms with Crippen LogP contribution < -0.4 is 10.2 Å². The van der Waals surface area contributed by atoms with Gasteiger partial charge in [-0.2, -0.15) is 5.10 Å². The zero-order valence-corrected chi connectivity index (χ0v) is 21.7. The van der Waals surface area contributed by atoms with Crippen LogP contribution in [0.5, 0.6) is 0 Å². The number of benzene rings is 1. The second kappa shape index (κ2) is 8.85. The molecule has 0 radical (unpaired) electrons. The zero-order valence-electron chi connectivity index (χ0n) is 21.7. The molecule has 3 aromatic rings. The fourth-order valence-corrected chi connectivity index (χ4v) is 6.29. The number of fused-ring (bicyclic) bond motifs is 1. The highest BCUT2D eigenvalue weighted by Gasteiger charge is 2.53. The normalized spacial score (nSPS) is 28.6. The summed E-state index contributed by atoms with van der Waals surface area (Å²) in [5.41, 5.74) is 3.84. The van der Waals surface area contributed by atoms with Crippen LogP contribution in [-0.4, -0.2) is 70.5 Å². The Bertz CT molecular complexity index is 1290. The summed E-state index contributed by atoms with van der Waals surface area (Å²) in [6.45, 7) is 12.5. The van der Waals surface area contributed by atoms with E-state index in [1.165, 1.54) is 11.3 Å². The smallest absolute Gasteiger partial charge is 0.229 e. The molecule has 1 aromatic carbocycles. The van der Waals surface area contributed by atoms with E-state index in [4.69, 9.17) is 4.74 Å². The summed E-state index contributed by atoms with van der Waals surface area (Å²) in [6, 6.07) is 6.48. The Balaban J connectivity index is 1.16. The molecule has 1 saturated carbocycles. The first-order valence-corrected chi connectivity index (χ1v) is 13.1. The molecule has 190 valence electrons. The van der Waals surface area contributed by atoms with Crippen molar-refractivity contribution in [2.45, 2.75) is 38.6 Å². The van der Waals surface area contributed by atoms with E-state index < -0.39 is 0 Å². The minimum atomic E-state index is -0.0382. The van der Waals surface area contributed by atoms with Crippen LogP contribution in [0.2, 0.25) is 0 Å². The molecule has 1 aliphatic carbocycles. The van der Waals surface area contributed by atoms with Gasteiger partial charge in [-0.1, -0.05) is 6.92 Å². The molecule has 8 heteroatoms. The van der Waals surface area contributed by atoms with Crippen molar-refractivity contribution in [1.29, 1.82) is 0 Å². The summed E-state index contributed by atoms with van der Waals surface area (Å²) in [5, 5.41) is 9.54. The van der Waals surface area contributed by atoms with Crippen molar-refractivity contribution in [3.63, 3.8) is 0 Å². The molecule has 36 heavy (non-hydrogen) atoms. The molecular formula is C28H36N6O2. The summed E-state index contributed by atoms with van der Waals surface area (Å²) < 4.78 is 7.48. The number of hydrogen-bond acceptors (Lipinski definition) is 6. The van der Waals surface area contributed by atoms with Crippen molar-refractivity contribution in [3.05, 3.63) is 47.9 Å². The molecule has 0 bridgehead atoms. The van der Waals surface area contributed by atoms with Crippen LogP contribution in [0.1, 0.15) is 37.3 Å². The molecule has 1 N–H and O–H groups in total. The molecule has 2 saturated heterocycles. The van der Waals surface area contributed by atoms with Crippen molar-refractivity contribution in [3.8, 4) is 0 Å². The predicted molar refractivity (Wildman–Crippen MR) is 141 cm³/mol. The SMILES string of the molecule is Cc1cc2cnc(NC(=O)[C@H]3C(c4cnn(C)c4)[C@H]3C)cc2cc1N1CCN(C2(C)CCOC2)CC1. The number of piperazine rings is 1. The van der Waals surface area contributed by atoms with E-state index in [-0.39, 0.29) is 23.3 Å². The van der Waals surface area contributed by atoms with Crippen LogP contribution in [0.4, 0.5) is 11.5 Å². The summed E-state index contributed by atoms with van der Waals surface area (Å²) in [7, 11) is 1.91. The molecule has 3 fully saturated rings. The van der Waals surface area contributed by atoms with Crippen molar-refractivity contribution >= 4 is 28.2 Å². The van der Waals surface area contributed by atoms with Crippen LogP contribution in [-0.2, 0) is 16.6 Å². The van der Waals surface area contributed by atoms with Crippen molar-refractivity contribution in [2.75, 3.05) is 49.6 Å². The van der Waals surface area contributed by atoms with Gasteiger partial charge in [0.05, 0.1) is 12.8 Å². The monoisotopic (exact) mass is 488 g/mol. The number of pyridine rings is 1. The highest BCUT2D eigenvalue weighted by atomic mass is 16.5. The number of rotatable bonds is 5. The van der Waals surface area contributed by atoms with E-state index >= 15 is 0 Å². The summed E-state index contributed by atoms with van der Waals surface area (Å²) in [6.07, 6.45) is 6.87. The lowest BCUT2D eigenvalue weighted by atomic mass is 9.97. The first kappa shape index (κ1) is 23.4. The number of nitrogens with one attached hydrogen (secondary N) is 1. The number of anilines is 2. The Morgan fingerprint density at radius 2 is 1.94 bits per heavy atom. The van der Waals surface area contributed by atoms with Gasteiger partial charge in [0.25, 0.3) is 0 Å². The average Bonchev–Trinajstić information content (AvgIpc) is 3.15. The van der Waals surface area contributed by atoms with Gasteiger partial charge >= 0.3 is 0 Å². The highest BCUT2D eigenvalue weighted by molar-refractivity contribution is 5.97. The first-order valence-electron chi connectivity index (χ1n) is 13.1. The lowest BCUT2D eigenvalue weighted by Gasteiger charge is -2.44. The van der Waals surface area contributed by atoms with Crippen LogP contribution in [0, 0.1) is 18.8 Å². The van der Waals surface area contributed by atoms with Gasteiger partial charge in [0.2, 0.25) is 5.91 Å². The lowest BCUT2D eigenvalue weighted by molar-refractivity contribution is -0.117. The summed E-state index contributed by atoms with van der Waals surface area (Å²) >= 11 is 0. The van der Waals surface area contributed by atoms with Crippen molar-refractivity contribution in [1.82, 2.24) is 19.7 Å². The Morgan fingerprint density at radius 1 is 1.14 bits per heavy atom. The van der Waals surface area contributed by atoms with Gasteiger partial charge in [0.1, 0.15) is 5.82 Å². The lowest BCUT2D eigenvalue weighted by Crippen LogP contribution is -2.56. The Hall–Kier alpha value is -2.97. The van der Waals surface area contributed by atoms with Crippen LogP contribution in [0.25, 0.3) is 10.8 Å². The second-order valence-electron chi connectivity index (χ2n) is 11.2. The van der Waals surface area contributed by atoms with Gasteiger partial charge in [-0.05, 0) is 60.9 Å². The van der Waals surface area contributed by atoms with Crippen LogP contribution >= 0.6 is 0 Å². The minimum Gasteiger partial charge on any atom is -0.379 e. The summed E-state index contributed by atoms with van der Waals surface area (Å²) in [4.78, 5) is 22.7. The molecular weight excluding hydrogens is 452 g/mol. The van der Waals surface area contributed by atoms with Gasteiger partial charge in [-0.25, -0.2) is 4.98 Å². The maximum absolute atomic E-state index is 13.0. The number of hydrogen-bond donors (Lipinski definition) is 1. The van der Waals surface area contributed by atoms with Crippen LogP contribution in [0.15, 0.2) is 36.8 Å². The molecule has 2 aromatic heterocycles. The van der Waals surface area contributed by atoms with Crippen molar-refractivity contribution < 1.29 is 9.53 Å². The fourth-order valence-electron chi connectivity index (χ4n) is 6.29. The maximum Gasteiger partial charge on any atom is 0.229 e. The fraction of sp³-hybridized carbons (Fsp3) is 0.536. The summed E-state index contributed by atoms with van der Waals surface area (Å²) in [5.74, 6) is 1.15. The second-order valence-corrected chi connectivity index (χ2v) is 11.2. The number of amides is 1. The highest BCUT2D eigenvalue weighted by Crippen LogP contribution is 2.54. The van der Waals surface area contributed by atoms with Gasteiger partial charge in [0, 0.05) is 80.7 Å². The van der Waals surface area contributed by atoms with Gasteiger partial charge in [-0.15, -0.1) is 0 Å². The quantitative estimate of drug-likeness (QED) is 0.592. The van der Waals surface area contributed by atoms with Gasteiger partial charge in [-0.3, -0.25) is 14.4 Å². The van der Waals surface area contributed by atoms with Crippen molar-refractivity contribution in [2.24, 2.45) is 18.9 Å². The Kier molecular flexibility index (Phi) is 5.76. The molecule has 8 nitrogen and oxygen atoms in total. The standard InChI is InChI=1S/C28H36N6O2/c1-18-11-21-14-29-24(31-27(35)26-19(2)25(26)22-15-30-32(4)16-22)13-20(21)12-23(18)33-6-8-34(9-7-33)28(3)5-10-36-17-28/h11-16,19,25-26H,5-10,17H2,1-4H3,(H,29,31,35)/t19-,25?,26-,28?/m1/s1. The predicted octanol–water partition coefficient (Wildman–Crippen LogP) is 3.57. The molecule has 3 aliphatic rings.